The highest BCUT2D eigenvalue weighted by Crippen LogP contribution is 2.45. The number of phenols is 1. The number of ether oxygens (including phenoxy) is 2. The fraction of sp³-hybridized carbons (Fsp3) is 0.200. The summed E-state index contributed by atoms with van der Waals surface area (Å²) < 4.78 is 12.3. The van der Waals surface area contributed by atoms with Gasteiger partial charge in [0.15, 0.2) is 5.75 Å². The first-order valence-corrected chi connectivity index (χ1v) is 8.80. The number of thiophene rings is 1. The maximum Gasteiger partial charge on any atom is 0.151 e. The molecule has 3 rings (SSSR count). The van der Waals surface area contributed by atoms with Gasteiger partial charge in [0.25, 0.3) is 0 Å². The SMILES string of the molecule is CC=CCC(O)c1sc2cc(OC)ccc2c1Oc1ccc(O)cc1. The van der Waals surface area contributed by atoms with Crippen LogP contribution in [0, 0.1) is 0 Å². The van der Waals surface area contributed by atoms with Crippen molar-refractivity contribution in [1.29, 1.82) is 0 Å². The second kappa shape index (κ2) is 7.59. The lowest BCUT2D eigenvalue weighted by Gasteiger charge is -2.11. The van der Waals surface area contributed by atoms with Crippen molar-refractivity contribution in [1.82, 2.24) is 0 Å². The minimum Gasteiger partial charge on any atom is -0.508 e. The van der Waals surface area contributed by atoms with Gasteiger partial charge in [-0.15, -0.1) is 11.3 Å². The molecule has 5 heteroatoms. The van der Waals surface area contributed by atoms with Crippen LogP contribution in [-0.2, 0) is 0 Å². The van der Waals surface area contributed by atoms with Crippen LogP contribution < -0.4 is 9.47 Å². The molecule has 0 spiro atoms. The first-order chi connectivity index (χ1) is 12.1. The average molecular weight is 356 g/mol. The third-order valence-electron chi connectivity index (χ3n) is 3.83. The van der Waals surface area contributed by atoms with Crippen LogP contribution in [0.5, 0.6) is 23.0 Å². The number of hydrogen-bond donors (Lipinski definition) is 2. The smallest absolute Gasteiger partial charge is 0.151 e. The Bertz CT molecular complexity index is 881. The molecule has 1 heterocycles. The summed E-state index contributed by atoms with van der Waals surface area (Å²) in [4.78, 5) is 0.773. The second-order valence-corrected chi connectivity index (χ2v) is 6.66. The van der Waals surface area contributed by atoms with Gasteiger partial charge in [-0.1, -0.05) is 12.2 Å². The lowest BCUT2D eigenvalue weighted by Crippen LogP contribution is -1.95. The molecule has 1 aromatic heterocycles. The Morgan fingerprint density at radius 2 is 1.84 bits per heavy atom. The van der Waals surface area contributed by atoms with Crippen molar-refractivity contribution >= 4 is 21.4 Å². The van der Waals surface area contributed by atoms with Gasteiger partial charge < -0.3 is 19.7 Å². The Kier molecular flexibility index (Phi) is 5.26. The van der Waals surface area contributed by atoms with Crippen LogP contribution in [0.2, 0.25) is 0 Å². The lowest BCUT2D eigenvalue weighted by atomic mass is 10.1. The van der Waals surface area contributed by atoms with Crippen LogP contribution in [0.3, 0.4) is 0 Å². The molecule has 2 N–H and O–H groups in total. The molecule has 1 unspecified atom stereocenters. The molecule has 3 aromatic rings. The molecule has 0 amide bonds. The predicted molar refractivity (Wildman–Crippen MR) is 101 cm³/mol. The molecule has 0 aliphatic carbocycles. The van der Waals surface area contributed by atoms with Crippen molar-refractivity contribution < 1.29 is 19.7 Å². The number of phenolic OH excluding ortho intramolecular Hbond substituents is 1. The third kappa shape index (κ3) is 3.78. The quantitative estimate of drug-likeness (QED) is 0.580. The van der Waals surface area contributed by atoms with Crippen molar-refractivity contribution in [2.24, 2.45) is 0 Å². The molecular formula is C20H20O4S. The fourth-order valence-corrected chi connectivity index (χ4v) is 3.69. The Hall–Kier alpha value is -2.50. The third-order valence-corrected chi connectivity index (χ3v) is 5.07. The van der Waals surface area contributed by atoms with E-state index in [4.69, 9.17) is 9.47 Å². The van der Waals surface area contributed by atoms with E-state index in [0.29, 0.717) is 17.9 Å². The molecule has 4 nitrogen and oxygen atoms in total. The van der Waals surface area contributed by atoms with Crippen molar-refractivity contribution in [3.05, 3.63) is 59.5 Å². The molecule has 0 fully saturated rings. The average Bonchev–Trinajstić information content (AvgIpc) is 2.99. The summed E-state index contributed by atoms with van der Waals surface area (Å²) in [6.45, 7) is 1.93. The van der Waals surface area contributed by atoms with E-state index in [9.17, 15) is 10.2 Å². The van der Waals surface area contributed by atoms with Gasteiger partial charge in [-0.25, -0.2) is 0 Å². The van der Waals surface area contributed by atoms with E-state index in [1.165, 1.54) is 11.3 Å². The van der Waals surface area contributed by atoms with Crippen LogP contribution in [0.4, 0.5) is 0 Å². The molecule has 2 aromatic carbocycles. The highest BCUT2D eigenvalue weighted by molar-refractivity contribution is 7.19. The maximum absolute atomic E-state index is 10.6. The summed E-state index contributed by atoms with van der Waals surface area (Å²) >= 11 is 1.50. The van der Waals surface area contributed by atoms with E-state index in [0.717, 1.165) is 20.7 Å². The number of methoxy groups -OCH3 is 1. The van der Waals surface area contributed by atoms with E-state index in [1.807, 2.05) is 37.3 Å². The van der Waals surface area contributed by atoms with E-state index in [2.05, 4.69) is 0 Å². The number of allylic oxidation sites excluding steroid dienone is 1. The summed E-state index contributed by atoms with van der Waals surface area (Å²) in [7, 11) is 1.63. The predicted octanol–water partition coefficient (Wildman–Crippen LogP) is 5.41. The normalized spacial score (nSPS) is 12.6. The zero-order valence-corrected chi connectivity index (χ0v) is 14.9. The van der Waals surface area contributed by atoms with Crippen LogP contribution in [0.1, 0.15) is 24.3 Å². The van der Waals surface area contributed by atoms with Gasteiger partial charge in [0, 0.05) is 10.1 Å². The molecule has 25 heavy (non-hydrogen) atoms. The number of aliphatic hydroxyl groups is 1. The standard InChI is InChI=1S/C20H20O4S/c1-3-4-5-17(22)20-19(24-14-8-6-13(21)7-9-14)16-11-10-15(23-2)12-18(16)25-20/h3-4,6-12,17,21-22H,5H2,1-2H3. The number of aliphatic hydroxyl groups excluding tert-OH is 1. The van der Waals surface area contributed by atoms with Crippen LogP contribution in [0.15, 0.2) is 54.6 Å². The molecular weight excluding hydrogens is 336 g/mol. The van der Waals surface area contributed by atoms with Crippen LogP contribution in [0.25, 0.3) is 10.1 Å². The zero-order chi connectivity index (χ0) is 17.8. The summed E-state index contributed by atoms with van der Waals surface area (Å²) in [5.41, 5.74) is 0. The molecule has 0 bridgehead atoms. The number of benzene rings is 2. The number of rotatable bonds is 6. The highest BCUT2D eigenvalue weighted by atomic mass is 32.1. The molecule has 130 valence electrons. The number of hydrogen-bond acceptors (Lipinski definition) is 5. The van der Waals surface area contributed by atoms with Gasteiger partial charge in [-0.2, -0.15) is 0 Å². The zero-order valence-electron chi connectivity index (χ0n) is 14.1. The lowest BCUT2D eigenvalue weighted by molar-refractivity contribution is 0.182. The van der Waals surface area contributed by atoms with Crippen molar-refractivity contribution in [3.63, 3.8) is 0 Å². The van der Waals surface area contributed by atoms with Gasteiger partial charge in [-0.3, -0.25) is 0 Å². The monoisotopic (exact) mass is 356 g/mol. The first-order valence-electron chi connectivity index (χ1n) is 7.99. The summed E-state index contributed by atoms with van der Waals surface area (Å²) in [5.74, 6) is 2.19. The fourth-order valence-electron chi connectivity index (χ4n) is 2.53. The number of aromatic hydroxyl groups is 1. The minimum atomic E-state index is -0.647. The molecule has 0 aliphatic rings. The van der Waals surface area contributed by atoms with Crippen LogP contribution >= 0.6 is 11.3 Å². The Morgan fingerprint density at radius 1 is 1.12 bits per heavy atom. The minimum absolute atomic E-state index is 0.181. The summed E-state index contributed by atoms with van der Waals surface area (Å²) in [6.07, 6.45) is 3.72. The molecule has 0 saturated carbocycles. The van der Waals surface area contributed by atoms with Gasteiger partial charge >= 0.3 is 0 Å². The summed E-state index contributed by atoms with van der Waals surface area (Å²) in [6, 6.07) is 12.3. The molecule has 0 saturated heterocycles. The Morgan fingerprint density at radius 3 is 2.52 bits per heavy atom. The van der Waals surface area contributed by atoms with E-state index >= 15 is 0 Å². The molecule has 0 aliphatic heterocycles. The summed E-state index contributed by atoms with van der Waals surface area (Å²) in [5, 5.41) is 21.0. The second-order valence-electron chi connectivity index (χ2n) is 5.57. The van der Waals surface area contributed by atoms with E-state index in [-0.39, 0.29) is 5.75 Å². The Labute approximate surface area is 150 Å². The van der Waals surface area contributed by atoms with Crippen molar-refractivity contribution in [3.8, 4) is 23.0 Å². The van der Waals surface area contributed by atoms with Crippen molar-refractivity contribution in [2.75, 3.05) is 7.11 Å². The molecule has 1 atom stereocenters. The van der Waals surface area contributed by atoms with Gasteiger partial charge in [0.05, 0.1) is 18.1 Å². The van der Waals surface area contributed by atoms with Gasteiger partial charge in [-0.05, 0) is 55.8 Å². The molecule has 0 radical (unpaired) electrons. The topological polar surface area (TPSA) is 58.9 Å². The number of fused-ring (bicyclic) bond motifs is 1. The first kappa shape index (κ1) is 17.3. The highest BCUT2D eigenvalue weighted by Gasteiger charge is 2.20. The van der Waals surface area contributed by atoms with Crippen molar-refractivity contribution in [2.45, 2.75) is 19.4 Å². The largest absolute Gasteiger partial charge is 0.508 e. The van der Waals surface area contributed by atoms with E-state index in [1.54, 1.807) is 31.4 Å². The van der Waals surface area contributed by atoms with Gasteiger partial charge in [0.1, 0.15) is 17.2 Å². The van der Waals surface area contributed by atoms with Crippen LogP contribution in [-0.4, -0.2) is 17.3 Å². The van der Waals surface area contributed by atoms with Gasteiger partial charge in [0.2, 0.25) is 0 Å². The van der Waals surface area contributed by atoms with E-state index < -0.39 is 6.10 Å². The maximum atomic E-state index is 10.6. The Balaban J connectivity index is 2.06.